The molecule has 0 saturated carbocycles. The molecule has 8 heteroatoms. The fraction of sp³-hybridized carbons (Fsp3) is 0.154. The number of aromatic nitrogens is 3. The van der Waals surface area contributed by atoms with Crippen molar-refractivity contribution in [3.63, 3.8) is 0 Å². The molecule has 0 amide bonds. The van der Waals surface area contributed by atoms with Crippen molar-refractivity contribution < 1.29 is 24.2 Å². The van der Waals surface area contributed by atoms with E-state index in [1.807, 2.05) is 39.0 Å². The Morgan fingerprint density at radius 3 is 2.35 bits per heavy atom. The van der Waals surface area contributed by atoms with Gasteiger partial charge in [0.2, 0.25) is 0 Å². The molecule has 0 aliphatic heterocycles. The van der Waals surface area contributed by atoms with Crippen molar-refractivity contribution in [1.82, 2.24) is 15.0 Å². The summed E-state index contributed by atoms with van der Waals surface area (Å²) in [6, 6.07) is 9.81. The van der Waals surface area contributed by atoms with Gasteiger partial charge in [-0.1, -0.05) is 19.9 Å². The average Bonchev–Trinajstić information content (AvgIpc) is 3.48. The van der Waals surface area contributed by atoms with Gasteiger partial charge in [-0.05, 0) is 59.9 Å². The molecule has 0 radical (unpaired) electrons. The Morgan fingerprint density at radius 1 is 0.912 bits per heavy atom. The van der Waals surface area contributed by atoms with E-state index in [2.05, 4.69) is 15.0 Å². The summed E-state index contributed by atoms with van der Waals surface area (Å²) in [4.78, 5) is 33.0. The Hall–Kier alpha value is -4.33. The highest BCUT2D eigenvalue weighted by atomic mass is 19.1. The molecule has 34 heavy (non-hydrogen) atoms. The van der Waals surface area contributed by atoms with E-state index in [4.69, 9.17) is 0 Å². The maximum absolute atomic E-state index is 14.5. The Morgan fingerprint density at radius 2 is 1.68 bits per heavy atom. The standard InChI is InChI=1S/C26H22FN3O4/c1-11(2)21-22(16-6-12(3)7-19-15(16)10-20(29-19)25(31)32)24(26(33)34)30-23(21)17-8-13(27)9-18-14(17)4-5-28-18/h4-11,28-30H,1-3H3,(H,31,32)(H,33,34). The molecule has 5 N–H and O–H groups in total. The van der Waals surface area contributed by atoms with E-state index >= 15 is 0 Å². The molecule has 0 saturated heterocycles. The molecule has 3 aromatic heterocycles. The molecular weight excluding hydrogens is 437 g/mol. The molecule has 0 fully saturated rings. The number of aryl methyl sites for hydroxylation is 1. The lowest BCUT2D eigenvalue weighted by atomic mass is 9.88. The van der Waals surface area contributed by atoms with Gasteiger partial charge >= 0.3 is 11.9 Å². The molecule has 0 bridgehead atoms. The lowest BCUT2D eigenvalue weighted by Gasteiger charge is -2.14. The minimum atomic E-state index is -1.16. The number of benzene rings is 2. The molecule has 0 aliphatic rings. The maximum Gasteiger partial charge on any atom is 0.352 e. The largest absolute Gasteiger partial charge is 0.477 e. The number of carboxylic acid groups (broad SMARTS) is 2. The minimum Gasteiger partial charge on any atom is -0.477 e. The zero-order valence-electron chi connectivity index (χ0n) is 18.7. The van der Waals surface area contributed by atoms with Gasteiger partial charge in [-0.3, -0.25) is 0 Å². The SMILES string of the molecule is Cc1cc(-c2c(C(=O)O)[nH]c(-c3cc(F)cc4[nH]ccc34)c2C(C)C)c2cc(C(=O)O)[nH]c2c1. The highest BCUT2D eigenvalue weighted by Gasteiger charge is 2.28. The summed E-state index contributed by atoms with van der Waals surface area (Å²) in [5, 5.41) is 21.0. The van der Waals surface area contributed by atoms with E-state index < -0.39 is 17.8 Å². The number of aromatic carboxylic acids is 2. The summed E-state index contributed by atoms with van der Waals surface area (Å²) in [6.07, 6.45) is 1.71. The van der Waals surface area contributed by atoms with Crippen LogP contribution in [0.2, 0.25) is 0 Å². The summed E-state index contributed by atoms with van der Waals surface area (Å²) < 4.78 is 14.5. The van der Waals surface area contributed by atoms with Crippen LogP contribution in [0.4, 0.5) is 4.39 Å². The lowest BCUT2D eigenvalue weighted by molar-refractivity contribution is 0.0681. The number of nitrogens with one attached hydrogen (secondary N) is 3. The van der Waals surface area contributed by atoms with Gasteiger partial charge < -0.3 is 25.2 Å². The molecule has 2 aromatic carbocycles. The normalized spacial score (nSPS) is 11.7. The van der Waals surface area contributed by atoms with Gasteiger partial charge in [0.1, 0.15) is 17.2 Å². The molecule has 3 heterocycles. The molecule has 5 rings (SSSR count). The van der Waals surface area contributed by atoms with Crippen LogP contribution in [0, 0.1) is 12.7 Å². The summed E-state index contributed by atoms with van der Waals surface area (Å²) in [5.41, 5.74) is 4.89. The van der Waals surface area contributed by atoms with Gasteiger partial charge in [-0.25, -0.2) is 14.0 Å². The number of halogens is 1. The maximum atomic E-state index is 14.5. The Labute approximate surface area is 193 Å². The number of H-pyrrole nitrogens is 3. The second-order valence-electron chi connectivity index (χ2n) is 8.78. The van der Waals surface area contributed by atoms with Crippen LogP contribution >= 0.6 is 0 Å². The molecule has 0 unspecified atom stereocenters. The van der Waals surface area contributed by atoms with E-state index in [1.54, 1.807) is 6.20 Å². The monoisotopic (exact) mass is 459 g/mol. The summed E-state index contributed by atoms with van der Waals surface area (Å²) in [7, 11) is 0. The van der Waals surface area contributed by atoms with Crippen LogP contribution in [-0.2, 0) is 0 Å². The molecule has 0 spiro atoms. The highest BCUT2D eigenvalue weighted by Crippen LogP contribution is 2.44. The van der Waals surface area contributed by atoms with Crippen LogP contribution in [0.3, 0.4) is 0 Å². The zero-order valence-corrected chi connectivity index (χ0v) is 18.7. The van der Waals surface area contributed by atoms with Crippen LogP contribution < -0.4 is 0 Å². The summed E-state index contributed by atoms with van der Waals surface area (Å²) in [5.74, 6) is -2.83. The number of hydrogen-bond donors (Lipinski definition) is 5. The van der Waals surface area contributed by atoms with E-state index in [1.165, 1.54) is 18.2 Å². The third kappa shape index (κ3) is 3.26. The van der Waals surface area contributed by atoms with E-state index in [0.717, 1.165) is 16.5 Å². The van der Waals surface area contributed by atoms with Crippen LogP contribution in [0.5, 0.6) is 0 Å². The van der Waals surface area contributed by atoms with Crippen molar-refractivity contribution >= 4 is 33.7 Å². The van der Waals surface area contributed by atoms with E-state index in [0.29, 0.717) is 38.8 Å². The molecule has 172 valence electrons. The predicted molar refractivity (Wildman–Crippen MR) is 128 cm³/mol. The third-order valence-corrected chi connectivity index (χ3v) is 6.11. The minimum absolute atomic E-state index is 0.0137. The van der Waals surface area contributed by atoms with Crippen LogP contribution in [-0.4, -0.2) is 37.1 Å². The number of hydrogen-bond acceptors (Lipinski definition) is 2. The third-order valence-electron chi connectivity index (χ3n) is 6.11. The Balaban J connectivity index is 1.91. The summed E-state index contributed by atoms with van der Waals surface area (Å²) in [6.45, 7) is 5.76. The van der Waals surface area contributed by atoms with Crippen molar-refractivity contribution in [1.29, 1.82) is 0 Å². The number of aromatic amines is 3. The molecular formula is C26H22FN3O4. The second kappa shape index (κ2) is 7.62. The quantitative estimate of drug-likeness (QED) is 0.212. The number of fused-ring (bicyclic) bond motifs is 2. The Bertz CT molecular complexity index is 1620. The first-order valence-electron chi connectivity index (χ1n) is 10.8. The fourth-order valence-corrected chi connectivity index (χ4v) is 4.79. The molecule has 0 atom stereocenters. The van der Waals surface area contributed by atoms with Crippen LogP contribution in [0.15, 0.2) is 42.6 Å². The fourth-order valence-electron chi connectivity index (χ4n) is 4.79. The van der Waals surface area contributed by atoms with Crippen molar-refractivity contribution in [2.45, 2.75) is 26.7 Å². The van der Waals surface area contributed by atoms with Crippen molar-refractivity contribution in [2.75, 3.05) is 0 Å². The first kappa shape index (κ1) is 21.5. The summed E-state index contributed by atoms with van der Waals surface area (Å²) >= 11 is 0. The number of carboxylic acids is 2. The van der Waals surface area contributed by atoms with Crippen LogP contribution in [0.25, 0.3) is 44.2 Å². The number of carbonyl (C=O) groups is 2. The van der Waals surface area contributed by atoms with Gasteiger partial charge in [0.25, 0.3) is 0 Å². The van der Waals surface area contributed by atoms with E-state index in [-0.39, 0.29) is 17.3 Å². The highest BCUT2D eigenvalue weighted by molar-refractivity contribution is 6.08. The zero-order chi connectivity index (χ0) is 24.3. The first-order chi connectivity index (χ1) is 16.2. The van der Waals surface area contributed by atoms with E-state index in [9.17, 15) is 24.2 Å². The Kier molecular flexibility index (Phi) is 4.82. The van der Waals surface area contributed by atoms with Gasteiger partial charge in [0.05, 0.1) is 5.69 Å². The van der Waals surface area contributed by atoms with Gasteiger partial charge in [0.15, 0.2) is 0 Å². The molecule has 5 aromatic rings. The smallest absolute Gasteiger partial charge is 0.352 e. The second-order valence-corrected chi connectivity index (χ2v) is 8.78. The topological polar surface area (TPSA) is 122 Å². The molecule has 7 nitrogen and oxygen atoms in total. The molecule has 0 aliphatic carbocycles. The van der Waals surface area contributed by atoms with Crippen molar-refractivity contribution in [3.05, 3.63) is 70.9 Å². The van der Waals surface area contributed by atoms with Gasteiger partial charge in [0, 0.05) is 39.1 Å². The van der Waals surface area contributed by atoms with Crippen molar-refractivity contribution in [3.8, 4) is 22.4 Å². The van der Waals surface area contributed by atoms with Gasteiger partial charge in [-0.15, -0.1) is 0 Å². The van der Waals surface area contributed by atoms with Crippen molar-refractivity contribution in [2.24, 2.45) is 0 Å². The van der Waals surface area contributed by atoms with Gasteiger partial charge in [-0.2, -0.15) is 0 Å². The number of rotatable bonds is 5. The predicted octanol–water partition coefficient (Wildman–Crippen LogP) is 6.28. The average molecular weight is 459 g/mol. The first-order valence-corrected chi connectivity index (χ1v) is 10.8. The lowest BCUT2D eigenvalue weighted by Crippen LogP contribution is -2.00. The van der Waals surface area contributed by atoms with Crippen LogP contribution in [0.1, 0.15) is 51.9 Å².